The van der Waals surface area contributed by atoms with Gasteiger partial charge in [0.25, 0.3) is 6.43 Å². The van der Waals surface area contributed by atoms with Crippen molar-refractivity contribution < 1.29 is 18.3 Å². The van der Waals surface area contributed by atoms with Crippen LogP contribution in [0.1, 0.15) is 6.92 Å². The Kier molecular flexibility index (Phi) is 3.05. The summed E-state index contributed by atoms with van der Waals surface area (Å²) in [5.41, 5.74) is 0.415. The summed E-state index contributed by atoms with van der Waals surface area (Å²) in [6.45, 7) is 1.51. The summed E-state index contributed by atoms with van der Waals surface area (Å²) < 4.78 is 34.9. The summed E-state index contributed by atoms with van der Waals surface area (Å²) in [4.78, 5) is 0. The lowest BCUT2D eigenvalue weighted by Gasteiger charge is -2.15. The third-order valence-corrected chi connectivity index (χ3v) is 2.54. The van der Waals surface area contributed by atoms with Crippen LogP contribution in [0.5, 0.6) is 11.5 Å². The predicted octanol–water partition coefficient (Wildman–Crippen LogP) is 3.13. The fourth-order valence-electron chi connectivity index (χ4n) is 1.34. The van der Waals surface area contributed by atoms with Gasteiger partial charge in [-0.15, -0.1) is 0 Å². The second-order valence-corrected chi connectivity index (χ2v) is 3.86. The minimum atomic E-state index is -2.46. The highest BCUT2D eigenvalue weighted by molar-refractivity contribution is 6.33. The number of hydrogen-bond acceptors (Lipinski definition) is 3. The van der Waals surface area contributed by atoms with E-state index in [2.05, 4.69) is 5.32 Å². The van der Waals surface area contributed by atoms with Gasteiger partial charge in [0.2, 0.25) is 6.79 Å². The Balaban J connectivity index is 2.21. The topological polar surface area (TPSA) is 30.5 Å². The fraction of sp³-hybridized carbons (Fsp3) is 0.400. The molecule has 0 saturated carbocycles. The van der Waals surface area contributed by atoms with Crippen LogP contribution < -0.4 is 14.8 Å². The van der Waals surface area contributed by atoms with Crippen molar-refractivity contribution in [2.24, 2.45) is 0 Å². The first-order chi connectivity index (χ1) is 7.58. The van der Waals surface area contributed by atoms with E-state index in [9.17, 15) is 8.78 Å². The summed E-state index contributed by atoms with van der Waals surface area (Å²) in [6, 6.07) is 2.13. The molecule has 0 saturated heterocycles. The van der Waals surface area contributed by atoms with Gasteiger partial charge in [0, 0.05) is 12.1 Å². The van der Waals surface area contributed by atoms with Gasteiger partial charge in [-0.05, 0) is 6.92 Å². The standard InChI is InChI=1S/C10H10ClF2NO2/c1-5(10(12)13)14-7-3-9-8(2-6(7)11)15-4-16-9/h2-3,5,10,14H,4H2,1H3. The first-order valence-corrected chi connectivity index (χ1v) is 5.09. The molecular formula is C10H10ClF2NO2. The van der Waals surface area contributed by atoms with Crippen molar-refractivity contribution in [1.29, 1.82) is 0 Å². The Bertz CT molecular complexity index is 401. The zero-order chi connectivity index (χ0) is 11.7. The molecule has 1 aliphatic rings. The quantitative estimate of drug-likeness (QED) is 0.893. The molecule has 0 aromatic heterocycles. The van der Waals surface area contributed by atoms with Crippen molar-refractivity contribution in [3.05, 3.63) is 17.2 Å². The van der Waals surface area contributed by atoms with Gasteiger partial charge < -0.3 is 14.8 Å². The number of rotatable bonds is 3. The summed E-state index contributed by atoms with van der Waals surface area (Å²) in [6.07, 6.45) is -2.46. The number of hydrogen-bond donors (Lipinski definition) is 1. The summed E-state index contributed by atoms with van der Waals surface area (Å²) >= 11 is 5.91. The van der Waals surface area contributed by atoms with Gasteiger partial charge in [0.05, 0.1) is 16.8 Å². The highest BCUT2D eigenvalue weighted by Gasteiger charge is 2.20. The number of ether oxygens (including phenoxy) is 2. The van der Waals surface area contributed by atoms with Crippen LogP contribution in [0.4, 0.5) is 14.5 Å². The van der Waals surface area contributed by atoms with E-state index in [1.165, 1.54) is 6.92 Å². The number of anilines is 1. The Morgan fingerprint density at radius 1 is 1.31 bits per heavy atom. The maximum absolute atomic E-state index is 12.4. The molecule has 1 aromatic carbocycles. The van der Waals surface area contributed by atoms with Gasteiger partial charge in [0.1, 0.15) is 0 Å². The molecule has 1 atom stereocenters. The van der Waals surface area contributed by atoms with E-state index < -0.39 is 12.5 Å². The SMILES string of the molecule is CC(Nc1cc2c(cc1Cl)OCO2)C(F)F. The second-order valence-electron chi connectivity index (χ2n) is 3.45. The molecule has 0 fully saturated rings. The van der Waals surface area contributed by atoms with Crippen LogP contribution in [-0.2, 0) is 0 Å². The van der Waals surface area contributed by atoms with E-state index in [4.69, 9.17) is 21.1 Å². The van der Waals surface area contributed by atoms with Gasteiger partial charge in [-0.2, -0.15) is 0 Å². The number of benzene rings is 1. The molecule has 1 N–H and O–H groups in total. The van der Waals surface area contributed by atoms with E-state index in [1.54, 1.807) is 12.1 Å². The maximum atomic E-state index is 12.4. The Morgan fingerprint density at radius 3 is 2.56 bits per heavy atom. The van der Waals surface area contributed by atoms with E-state index in [0.717, 1.165) is 0 Å². The molecule has 16 heavy (non-hydrogen) atoms. The van der Waals surface area contributed by atoms with Crippen molar-refractivity contribution in [2.75, 3.05) is 12.1 Å². The third-order valence-electron chi connectivity index (χ3n) is 2.22. The normalized spacial score (nSPS) is 15.3. The van der Waals surface area contributed by atoms with Gasteiger partial charge >= 0.3 is 0 Å². The number of halogens is 3. The van der Waals surface area contributed by atoms with Gasteiger partial charge in [0.15, 0.2) is 11.5 Å². The summed E-state index contributed by atoms with van der Waals surface area (Å²) in [5, 5.41) is 2.95. The molecule has 0 bridgehead atoms. The van der Waals surface area contributed by atoms with Crippen LogP contribution >= 0.6 is 11.6 Å². The number of nitrogens with one attached hydrogen (secondary N) is 1. The molecule has 88 valence electrons. The largest absolute Gasteiger partial charge is 0.454 e. The monoisotopic (exact) mass is 249 g/mol. The molecule has 0 spiro atoms. The van der Waals surface area contributed by atoms with E-state index >= 15 is 0 Å². The minimum absolute atomic E-state index is 0.125. The van der Waals surface area contributed by atoms with Crippen molar-refractivity contribution in [3.8, 4) is 11.5 Å². The highest BCUT2D eigenvalue weighted by atomic mass is 35.5. The fourth-order valence-corrected chi connectivity index (χ4v) is 1.54. The van der Waals surface area contributed by atoms with Crippen molar-refractivity contribution in [1.82, 2.24) is 0 Å². The predicted molar refractivity (Wildman–Crippen MR) is 56.7 cm³/mol. The molecule has 1 aromatic rings. The highest BCUT2D eigenvalue weighted by Crippen LogP contribution is 2.39. The molecule has 1 aliphatic heterocycles. The molecular weight excluding hydrogens is 240 g/mol. The number of alkyl halides is 2. The summed E-state index contributed by atoms with van der Waals surface area (Å²) in [7, 11) is 0. The van der Waals surface area contributed by atoms with Crippen LogP contribution in [0.3, 0.4) is 0 Å². The molecule has 2 rings (SSSR count). The molecule has 0 amide bonds. The van der Waals surface area contributed by atoms with Crippen molar-refractivity contribution >= 4 is 17.3 Å². The zero-order valence-corrected chi connectivity index (χ0v) is 9.22. The van der Waals surface area contributed by atoms with Crippen LogP contribution in [-0.4, -0.2) is 19.3 Å². The Labute approximate surface area is 96.3 Å². The molecule has 0 aliphatic carbocycles. The van der Waals surface area contributed by atoms with Gasteiger partial charge in [-0.25, -0.2) is 8.78 Å². The van der Waals surface area contributed by atoms with Gasteiger partial charge in [-0.1, -0.05) is 11.6 Å². The van der Waals surface area contributed by atoms with E-state index in [1.807, 2.05) is 0 Å². The molecule has 6 heteroatoms. The van der Waals surface area contributed by atoms with Crippen LogP contribution in [0, 0.1) is 0 Å². The minimum Gasteiger partial charge on any atom is -0.454 e. The molecule has 1 heterocycles. The average molecular weight is 250 g/mol. The first-order valence-electron chi connectivity index (χ1n) is 4.72. The van der Waals surface area contributed by atoms with E-state index in [-0.39, 0.29) is 6.79 Å². The lowest BCUT2D eigenvalue weighted by molar-refractivity contribution is 0.130. The molecule has 1 unspecified atom stereocenters. The molecule has 0 radical (unpaired) electrons. The second kappa shape index (κ2) is 4.33. The smallest absolute Gasteiger partial charge is 0.258 e. The van der Waals surface area contributed by atoms with Crippen molar-refractivity contribution in [2.45, 2.75) is 19.4 Å². The third kappa shape index (κ3) is 2.14. The lowest BCUT2D eigenvalue weighted by atomic mass is 10.2. The number of fused-ring (bicyclic) bond motifs is 1. The van der Waals surface area contributed by atoms with Gasteiger partial charge in [-0.3, -0.25) is 0 Å². The van der Waals surface area contributed by atoms with Crippen LogP contribution in [0.2, 0.25) is 5.02 Å². The average Bonchev–Trinajstić information content (AvgIpc) is 2.65. The lowest BCUT2D eigenvalue weighted by Crippen LogP contribution is -2.23. The summed E-state index contributed by atoms with van der Waals surface area (Å²) in [5.74, 6) is 1.04. The Morgan fingerprint density at radius 2 is 1.94 bits per heavy atom. The first kappa shape index (κ1) is 11.3. The van der Waals surface area contributed by atoms with Crippen LogP contribution in [0.15, 0.2) is 12.1 Å². The van der Waals surface area contributed by atoms with Crippen LogP contribution in [0.25, 0.3) is 0 Å². The zero-order valence-electron chi connectivity index (χ0n) is 8.47. The van der Waals surface area contributed by atoms with E-state index in [0.29, 0.717) is 22.2 Å². The molecule has 3 nitrogen and oxygen atoms in total. The Hall–Kier alpha value is -1.23. The maximum Gasteiger partial charge on any atom is 0.258 e. The van der Waals surface area contributed by atoms with Crippen molar-refractivity contribution in [3.63, 3.8) is 0 Å².